The van der Waals surface area contributed by atoms with E-state index in [0.717, 1.165) is 6.54 Å². The maximum Gasteiger partial charge on any atom is 0.440 e. The van der Waals surface area contributed by atoms with Crippen LogP contribution in [0.5, 0.6) is 0 Å². The lowest BCUT2D eigenvalue weighted by Crippen LogP contribution is -2.37. The number of carboxylic acid groups (broad SMARTS) is 2. The van der Waals surface area contributed by atoms with Crippen LogP contribution in [-0.4, -0.2) is 62.8 Å². The molecule has 13 heteroatoms. The number of aromatic nitrogens is 2. The number of nitrogens with one attached hydrogen (secondary N) is 2. The summed E-state index contributed by atoms with van der Waals surface area (Å²) in [5, 5.41) is 18.1. The predicted octanol–water partition coefficient (Wildman–Crippen LogP) is -3.25. The van der Waals surface area contributed by atoms with E-state index >= 15 is 0 Å². The van der Waals surface area contributed by atoms with Gasteiger partial charge in [0.25, 0.3) is 0 Å². The van der Waals surface area contributed by atoms with Crippen LogP contribution in [0.1, 0.15) is 6.42 Å². The van der Waals surface area contributed by atoms with Gasteiger partial charge >= 0.3 is 23.4 Å². The highest BCUT2D eigenvalue weighted by molar-refractivity contribution is 5.72. The molecule has 0 radical (unpaired) electrons. The number of hydrazine groups is 1. The molecule has 1 aromatic rings. The van der Waals surface area contributed by atoms with Gasteiger partial charge in [0, 0.05) is 6.54 Å². The number of rotatable bonds is 6. The molecular weight excluding hydrogens is 318 g/mol. The van der Waals surface area contributed by atoms with Crippen molar-refractivity contribution >= 4 is 11.9 Å². The normalized spacial score (nSPS) is 15.7. The summed E-state index contributed by atoms with van der Waals surface area (Å²) >= 11 is 0. The van der Waals surface area contributed by atoms with Gasteiger partial charge in [-0.25, -0.2) is 20.0 Å². The number of nitrogens with zero attached hydrogens (tertiary/aromatic N) is 2. The summed E-state index contributed by atoms with van der Waals surface area (Å²) in [5.74, 6) is -3.03. The SMILES string of the molecule is N[C@@H](Cn1oc(=O)[nH]c1=O)C(=O)O.O=C(O)CCN1NCCO1. The van der Waals surface area contributed by atoms with Gasteiger partial charge in [0.05, 0.1) is 26.1 Å². The number of nitrogens with two attached hydrogens (primary N) is 1. The van der Waals surface area contributed by atoms with Crippen molar-refractivity contribution in [2.24, 2.45) is 5.73 Å². The molecule has 6 N–H and O–H groups in total. The zero-order valence-electron chi connectivity index (χ0n) is 11.9. The number of aromatic amines is 1. The Labute approximate surface area is 128 Å². The Morgan fingerprint density at radius 3 is 2.48 bits per heavy atom. The second-order valence-corrected chi connectivity index (χ2v) is 4.30. The molecular formula is C10H17N5O8. The molecule has 0 aliphatic carbocycles. The number of hydrogen-bond acceptors (Lipinski definition) is 9. The molecule has 0 unspecified atom stereocenters. The second-order valence-electron chi connectivity index (χ2n) is 4.30. The first-order chi connectivity index (χ1) is 10.8. The van der Waals surface area contributed by atoms with Crippen molar-refractivity contribution in [2.45, 2.75) is 19.0 Å². The third-order valence-corrected chi connectivity index (χ3v) is 2.47. The van der Waals surface area contributed by atoms with Crippen LogP contribution in [0.25, 0.3) is 0 Å². The summed E-state index contributed by atoms with van der Waals surface area (Å²) in [4.78, 5) is 48.2. The molecule has 1 atom stereocenters. The molecule has 2 rings (SSSR count). The third-order valence-electron chi connectivity index (χ3n) is 2.47. The molecule has 130 valence electrons. The predicted molar refractivity (Wildman–Crippen MR) is 72.1 cm³/mol. The highest BCUT2D eigenvalue weighted by atomic mass is 16.7. The van der Waals surface area contributed by atoms with Crippen LogP contribution in [0.15, 0.2) is 14.1 Å². The highest BCUT2D eigenvalue weighted by Crippen LogP contribution is 1.94. The topological polar surface area (TPSA) is 193 Å². The van der Waals surface area contributed by atoms with E-state index in [1.54, 1.807) is 4.98 Å². The maximum absolute atomic E-state index is 10.8. The molecule has 1 aliphatic heterocycles. The van der Waals surface area contributed by atoms with E-state index in [1.165, 1.54) is 5.17 Å². The fraction of sp³-hybridized carbons (Fsp3) is 0.600. The molecule has 2 heterocycles. The number of hydroxylamine groups is 1. The van der Waals surface area contributed by atoms with Crippen molar-refractivity contribution < 1.29 is 29.2 Å². The van der Waals surface area contributed by atoms with E-state index < -0.39 is 29.4 Å². The van der Waals surface area contributed by atoms with Gasteiger partial charge in [-0.15, -0.1) is 9.91 Å². The molecule has 1 fully saturated rings. The van der Waals surface area contributed by atoms with Crippen molar-refractivity contribution in [2.75, 3.05) is 19.7 Å². The van der Waals surface area contributed by atoms with Crippen molar-refractivity contribution in [3.05, 3.63) is 21.0 Å². The third kappa shape index (κ3) is 6.88. The van der Waals surface area contributed by atoms with E-state index in [4.69, 9.17) is 20.8 Å². The van der Waals surface area contributed by atoms with Crippen LogP contribution in [-0.2, 0) is 21.0 Å². The lowest BCUT2D eigenvalue weighted by atomic mass is 10.3. The standard InChI is InChI=1S/C5H7N3O5.C5H10N2O3/c6-2(3(9)10)1-8-4(11)7-5(12)13-8;8-5(9)1-3-7-6-2-4-10-7/h2H,1,6H2,(H,9,10)(H,7,11,12);6H,1-4H2,(H,8,9)/t2-;/m0./s1. The van der Waals surface area contributed by atoms with Crippen LogP contribution in [0.3, 0.4) is 0 Å². The Kier molecular flexibility index (Phi) is 7.14. The molecule has 0 aromatic carbocycles. The van der Waals surface area contributed by atoms with Gasteiger partial charge in [-0.2, -0.15) is 0 Å². The largest absolute Gasteiger partial charge is 0.481 e. The van der Waals surface area contributed by atoms with Gasteiger partial charge < -0.3 is 20.5 Å². The van der Waals surface area contributed by atoms with Gasteiger partial charge in [-0.3, -0.25) is 14.4 Å². The van der Waals surface area contributed by atoms with E-state index in [-0.39, 0.29) is 13.0 Å². The molecule has 0 saturated carbocycles. The monoisotopic (exact) mass is 335 g/mol. The molecule has 1 aliphatic rings. The van der Waals surface area contributed by atoms with Crippen molar-refractivity contribution in [1.29, 1.82) is 0 Å². The quantitative estimate of drug-likeness (QED) is 0.350. The van der Waals surface area contributed by atoms with Crippen molar-refractivity contribution in [1.82, 2.24) is 20.3 Å². The molecule has 13 nitrogen and oxygen atoms in total. The summed E-state index contributed by atoms with van der Waals surface area (Å²) in [6, 6.07) is -1.28. The first-order valence-electron chi connectivity index (χ1n) is 6.44. The number of H-pyrrole nitrogens is 1. The summed E-state index contributed by atoms with van der Waals surface area (Å²) in [7, 11) is 0. The Bertz CT molecular complexity index is 628. The number of carboxylic acids is 2. The average molecular weight is 335 g/mol. The van der Waals surface area contributed by atoms with Crippen LogP contribution >= 0.6 is 0 Å². The van der Waals surface area contributed by atoms with E-state index in [1.807, 2.05) is 0 Å². The minimum Gasteiger partial charge on any atom is -0.481 e. The fourth-order valence-electron chi connectivity index (χ4n) is 1.40. The molecule has 1 saturated heterocycles. The Hall–Kier alpha value is -2.48. The van der Waals surface area contributed by atoms with Gasteiger partial charge in [-0.1, -0.05) is 0 Å². The molecule has 0 amide bonds. The second kappa shape index (κ2) is 8.84. The van der Waals surface area contributed by atoms with Crippen molar-refractivity contribution in [3.63, 3.8) is 0 Å². The fourth-order valence-corrected chi connectivity index (χ4v) is 1.40. The van der Waals surface area contributed by atoms with Crippen LogP contribution in [0.2, 0.25) is 0 Å². The zero-order valence-corrected chi connectivity index (χ0v) is 11.9. The Morgan fingerprint density at radius 2 is 2.04 bits per heavy atom. The highest BCUT2D eigenvalue weighted by Gasteiger charge is 2.15. The van der Waals surface area contributed by atoms with Gasteiger partial charge in [0.2, 0.25) is 0 Å². The minimum atomic E-state index is -1.28. The first kappa shape index (κ1) is 18.6. The molecule has 23 heavy (non-hydrogen) atoms. The summed E-state index contributed by atoms with van der Waals surface area (Å²) in [6.07, 6.45) is 0.104. The molecule has 0 spiro atoms. The first-order valence-corrected chi connectivity index (χ1v) is 6.44. The Morgan fingerprint density at radius 1 is 1.35 bits per heavy atom. The number of carbonyl (C=O) groups is 2. The maximum atomic E-state index is 10.8. The van der Waals surface area contributed by atoms with Gasteiger partial charge in [-0.05, 0) is 0 Å². The van der Waals surface area contributed by atoms with Crippen molar-refractivity contribution in [3.8, 4) is 0 Å². The smallest absolute Gasteiger partial charge is 0.440 e. The van der Waals surface area contributed by atoms with Gasteiger partial charge in [0.1, 0.15) is 6.04 Å². The molecule has 0 bridgehead atoms. The van der Waals surface area contributed by atoms with Gasteiger partial charge in [0.15, 0.2) is 0 Å². The lowest BCUT2D eigenvalue weighted by Gasteiger charge is -2.10. The average Bonchev–Trinajstić information content (AvgIpc) is 3.07. The van der Waals surface area contributed by atoms with E-state index in [9.17, 15) is 19.2 Å². The van der Waals surface area contributed by atoms with Crippen LogP contribution in [0, 0.1) is 0 Å². The minimum absolute atomic E-state index is 0.104. The lowest BCUT2D eigenvalue weighted by molar-refractivity contribution is -0.153. The summed E-state index contributed by atoms with van der Waals surface area (Å²) < 4.78 is 4.84. The molecule has 1 aromatic heterocycles. The number of aliphatic carboxylic acids is 2. The summed E-state index contributed by atoms with van der Waals surface area (Å²) in [6.45, 7) is 1.40. The zero-order chi connectivity index (χ0) is 17.4. The Balaban J connectivity index is 0.000000238. The van der Waals surface area contributed by atoms with E-state index in [0.29, 0.717) is 17.9 Å². The summed E-state index contributed by atoms with van der Waals surface area (Å²) in [5.41, 5.74) is 7.13. The van der Waals surface area contributed by atoms with Crippen LogP contribution < -0.4 is 22.6 Å². The van der Waals surface area contributed by atoms with Crippen LogP contribution in [0.4, 0.5) is 0 Å². The number of hydrogen-bond donors (Lipinski definition) is 5. The van der Waals surface area contributed by atoms with E-state index in [2.05, 4.69) is 9.95 Å².